The highest BCUT2D eigenvalue weighted by Crippen LogP contribution is 2.34. The van der Waals surface area contributed by atoms with Crippen LogP contribution in [0.5, 0.6) is 0 Å². The molecule has 0 radical (unpaired) electrons. The second-order valence-electron chi connectivity index (χ2n) is 7.25. The maximum atomic E-state index is 11.7. The average Bonchev–Trinajstić information content (AvgIpc) is 3.23. The van der Waals surface area contributed by atoms with Gasteiger partial charge in [0.2, 0.25) is 0 Å². The maximum Gasteiger partial charge on any atom is 0.320 e. The van der Waals surface area contributed by atoms with Crippen molar-refractivity contribution in [1.29, 1.82) is 0 Å². The normalized spacial score (nSPS) is 19.9. The smallest absolute Gasteiger partial charge is 0.320 e. The van der Waals surface area contributed by atoms with Gasteiger partial charge in [-0.2, -0.15) is 0 Å². The lowest BCUT2D eigenvalue weighted by molar-refractivity contribution is -0.151. The summed E-state index contributed by atoms with van der Waals surface area (Å²) in [7, 11) is 1.28. The lowest BCUT2D eigenvalue weighted by Gasteiger charge is -2.29. The Balaban J connectivity index is 0.000000168. The van der Waals surface area contributed by atoms with Gasteiger partial charge in [-0.1, -0.05) is 72.9 Å². The van der Waals surface area contributed by atoms with Crippen LogP contribution in [0.4, 0.5) is 0 Å². The molecule has 4 rings (SSSR count). The van der Waals surface area contributed by atoms with Crippen molar-refractivity contribution in [3.63, 3.8) is 0 Å². The first-order chi connectivity index (χ1) is 14.0. The van der Waals surface area contributed by atoms with Crippen molar-refractivity contribution in [1.82, 2.24) is 0 Å². The van der Waals surface area contributed by atoms with E-state index in [1.807, 2.05) is 0 Å². The van der Waals surface area contributed by atoms with Gasteiger partial charge in [-0.15, -0.1) is 0 Å². The van der Waals surface area contributed by atoms with E-state index < -0.39 is 23.4 Å². The minimum atomic E-state index is -1.12. The number of hydrogen-bond acceptors (Lipinski definition) is 4. The molecule has 2 atom stereocenters. The van der Waals surface area contributed by atoms with Gasteiger partial charge in [-0.05, 0) is 41.2 Å². The highest BCUT2D eigenvalue weighted by molar-refractivity contribution is 5.93. The van der Waals surface area contributed by atoms with Crippen LogP contribution in [-0.4, -0.2) is 30.2 Å². The first-order valence-corrected chi connectivity index (χ1v) is 9.55. The molecule has 150 valence electrons. The molecule has 2 aromatic carbocycles. The van der Waals surface area contributed by atoms with Crippen LogP contribution in [-0.2, 0) is 20.7 Å². The molecule has 0 heterocycles. The summed E-state index contributed by atoms with van der Waals surface area (Å²) in [5, 5.41) is 11.5. The molecular weight excluding hydrogens is 366 g/mol. The van der Waals surface area contributed by atoms with E-state index in [1.165, 1.54) is 29.0 Å². The first kappa shape index (κ1) is 20.6. The minimum Gasteiger partial charge on any atom is -0.480 e. The average molecular weight is 391 g/mol. The fraction of sp³-hybridized carbons (Fsp3) is 0.250. The van der Waals surface area contributed by atoms with Crippen LogP contribution < -0.4 is 5.73 Å². The van der Waals surface area contributed by atoms with Crippen molar-refractivity contribution in [3.05, 3.63) is 77.9 Å². The lowest BCUT2D eigenvalue weighted by atomic mass is 9.76. The maximum absolute atomic E-state index is 11.7. The zero-order valence-corrected chi connectivity index (χ0v) is 16.4. The van der Waals surface area contributed by atoms with E-state index in [9.17, 15) is 9.59 Å². The Morgan fingerprint density at radius 1 is 1.17 bits per heavy atom. The molecule has 2 aliphatic rings. The Bertz CT molecular complexity index is 1010. The number of allylic oxidation sites excluding steroid dienone is 4. The van der Waals surface area contributed by atoms with Crippen molar-refractivity contribution < 1.29 is 19.4 Å². The van der Waals surface area contributed by atoms with E-state index in [-0.39, 0.29) is 6.42 Å². The Labute approximate surface area is 170 Å². The standard InChI is InChI=1S/C13H10.C11H15NO4/c1-2-6-12-10(4-1)8-9-11-5-3-7-13(11)12;1-16-10(15)11(5-3-2-4-6-11)7-8(12)9(13)14/h1-4,6-9H,5H2;2-5,8H,6-7,12H2,1H3,(H,13,14)/t;8-,11?/m.0/s1. The van der Waals surface area contributed by atoms with E-state index in [0.29, 0.717) is 6.42 Å². The summed E-state index contributed by atoms with van der Waals surface area (Å²) in [5.41, 5.74) is 7.39. The molecule has 0 amide bonds. The van der Waals surface area contributed by atoms with Gasteiger partial charge in [0, 0.05) is 0 Å². The predicted octanol–water partition coefficient (Wildman–Crippen LogP) is 3.87. The van der Waals surface area contributed by atoms with Gasteiger partial charge in [0.25, 0.3) is 0 Å². The second-order valence-corrected chi connectivity index (χ2v) is 7.25. The Kier molecular flexibility index (Phi) is 6.29. The number of rotatable bonds is 4. The third kappa shape index (κ3) is 4.46. The van der Waals surface area contributed by atoms with Gasteiger partial charge in [-0.25, -0.2) is 0 Å². The Morgan fingerprint density at radius 2 is 1.97 bits per heavy atom. The highest BCUT2D eigenvalue weighted by Gasteiger charge is 2.39. The zero-order valence-electron chi connectivity index (χ0n) is 16.4. The fourth-order valence-corrected chi connectivity index (χ4v) is 3.75. The molecule has 0 aliphatic heterocycles. The third-order valence-corrected chi connectivity index (χ3v) is 5.32. The third-order valence-electron chi connectivity index (χ3n) is 5.32. The van der Waals surface area contributed by atoms with Gasteiger partial charge in [0.1, 0.15) is 6.04 Å². The molecule has 2 aromatic rings. The van der Waals surface area contributed by atoms with Crippen molar-refractivity contribution in [2.45, 2.75) is 25.3 Å². The molecule has 0 saturated heterocycles. The number of benzene rings is 2. The number of methoxy groups -OCH3 is 1. The summed E-state index contributed by atoms with van der Waals surface area (Å²) in [5.74, 6) is -1.57. The number of esters is 1. The molecule has 5 heteroatoms. The van der Waals surface area contributed by atoms with Crippen LogP contribution >= 0.6 is 0 Å². The molecule has 0 fully saturated rings. The van der Waals surface area contributed by atoms with Crippen molar-refractivity contribution in [2.75, 3.05) is 7.11 Å². The number of fused-ring (bicyclic) bond motifs is 3. The van der Waals surface area contributed by atoms with Crippen LogP contribution in [0.3, 0.4) is 0 Å². The van der Waals surface area contributed by atoms with Crippen molar-refractivity contribution in [2.24, 2.45) is 11.1 Å². The Hall–Kier alpha value is -3.18. The second kappa shape index (κ2) is 8.88. The fourth-order valence-electron chi connectivity index (χ4n) is 3.75. The van der Waals surface area contributed by atoms with Gasteiger partial charge in [0.05, 0.1) is 12.5 Å². The molecule has 0 saturated carbocycles. The number of carbonyl (C=O) groups is 2. The number of carboxylic acid groups (broad SMARTS) is 1. The van der Waals surface area contributed by atoms with Crippen molar-refractivity contribution in [3.8, 4) is 0 Å². The van der Waals surface area contributed by atoms with Crippen LogP contribution in [0.2, 0.25) is 0 Å². The Morgan fingerprint density at radius 3 is 2.66 bits per heavy atom. The van der Waals surface area contributed by atoms with E-state index >= 15 is 0 Å². The quantitative estimate of drug-likeness (QED) is 0.772. The summed E-state index contributed by atoms with van der Waals surface area (Å²) in [6, 6.07) is 11.9. The highest BCUT2D eigenvalue weighted by atomic mass is 16.5. The zero-order chi connectivity index (χ0) is 20.9. The molecule has 0 spiro atoms. The first-order valence-electron chi connectivity index (χ1n) is 9.55. The summed E-state index contributed by atoms with van der Waals surface area (Å²) < 4.78 is 4.70. The molecule has 1 unspecified atom stereocenters. The summed E-state index contributed by atoms with van der Waals surface area (Å²) in [6.07, 6.45) is 13.0. The van der Waals surface area contributed by atoms with Crippen LogP contribution in [0.15, 0.2) is 66.8 Å². The summed E-state index contributed by atoms with van der Waals surface area (Å²) in [4.78, 5) is 22.4. The van der Waals surface area contributed by atoms with E-state index in [0.717, 1.165) is 6.42 Å². The van der Waals surface area contributed by atoms with E-state index in [4.69, 9.17) is 15.6 Å². The van der Waals surface area contributed by atoms with Gasteiger partial charge in [0.15, 0.2) is 0 Å². The van der Waals surface area contributed by atoms with Crippen LogP contribution in [0.1, 0.15) is 24.0 Å². The number of ether oxygens (including phenoxy) is 1. The van der Waals surface area contributed by atoms with E-state index in [1.54, 1.807) is 24.3 Å². The number of hydrogen-bond donors (Lipinski definition) is 2. The van der Waals surface area contributed by atoms with Gasteiger partial charge >= 0.3 is 11.9 Å². The largest absolute Gasteiger partial charge is 0.480 e. The molecule has 0 bridgehead atoms. The van der Waals surface area contributed by atoms with Crippen molar-refractivity contribution >= 4 is 28.8 Å². The predicted molar refractivity (Wildman–Crippen MR) is 114 cm³/mol. The molecule has 5 nitrogen and oxygen atoms in total. The lowest BCUT2D eigenvalue weighted by Crippen LogP contribution is -2.41. The van der Waals surface area contributed by atoms with Crippen LogP contribution in [0.25, 0.3) is 16.8 Å². The number of carboxylic acids is 1. The van der Waals surface area contributed by atoms with Gasteiger partial charge < -0.3 is 15.6 Å². The SMILES string of the molecule is C1=Cc2c(ccc3ccccc23)C1.COC(=O)C1(C[C@H](N)C(=O)O)C=CC=CC1. The number of nitrogens with two attached hydrogens (primary N) is 1. The molecular formula is C24H25NO4. The molecule has 29 heavy (non-hydrogen) atoms. The topological polar surface area (TPSA) is 89.6 Å². The van der Waals surface area contributed by atoms with Gasteiger partial charge in [-0.3, -0.25) is 9.59 Å². The number of carbonyl (C=O) groups excluding carboxylic acids is 1. The minimum absolute atomic E-state index is 0.0375. The summed E-state index contributed by atoms with van der Waals surface area (Å²) >= 11 is 0. The molecule has 2 aliphatic carbocycles. The van der Waals surface area contributed by atoms with E-state index in [2.05, 4.69) is 48.6 Å². The molecule has 3 N–H and O–H groups in total. The molecule has 0 aromatic heterocycles. The monoisotopic (exact) mass is 391 g/mol. The number of aliphatic carboxylic acids is 1. The van der Waals surface area contributed by atoms with Crippen LogP contribution in [0, 0.1) is 5.41 Å². The summed E-state index contributed by atoms with van der Waals surface area (Å²) in [6.45, 7) is 0.